The highest BCUT2D eigenvalue weighted by Crippen LogP contribution is 2.63. The first-order chi connectivity index (χ1) is 10.9. The summed E-state index contributed by atoms with van der Waals surface area (Å²) in [6, 6.07) is 8.19. The van der Waals surface area contributed by atoms with Gasteiger partial charge in [-0.05, 0) is 27.7 Å². The van der Waals surface area contributed by atoms with Crippen molar-refractivity contribution in [3.8, 4) is 0 Å². The summed E-state index contributed by atoms with van der Waals surface area (Å²) in [4.78, 5) is 0. The quantitative estimate of drug-likeness (QED) is 0.527. The van der Waals surface area contributed by atoms with Crippen molar-refractivity contribution in [2.45, 2.75) is 40.0 Å². The molecule has 0 aromatic heterocycles. The van der Waals surface area contributed by atoms with Crippen LogP contribution in [0.5, 0.6) is 0 Å². The van der Waals surface area contributed by atoms with Gasteiger partial charge in [0.15, 0.2) is 5.71 Å². The van der Waals surface area contributed by atoms with E-state index in [1.807, 2.05) is 26.0 Å². The molecule has 0 radical (unpaired) electrons. The number of allylic oxidation sites excluding steroid dienone is 1. The molecule has 126 valence electrons. The Labute approximate surface area is 139 Å². The van der Waals surface area contributed by atoms with Crippen molar-refractivity contribution in [2.24, 2.45) is 0 Å². The molecule has 1 aromatic carbocycles. The van der Waals surface area contributed by atoms with E-state index < -0.39 is 13.0 Å². The van der Waals surface area contributed by atoms with E-state index in [2.05, 4.69) is 44.1 Å². The second kappa shape index (κ2) is 6.72. The summed E-state index contributed by atoms with van der Waals surface area (Å²) in [6.45, 7) is 15.5. The third-order valence-electron chi connectivity index (χ3n) is 4.68. The van der Waals surface area contributed by atoms with Crippen molar-refractivity contribution in [1.82, 2.24) is 0 Å². The fraction of sp³-hybridized carbons (Fsp3) is 0.500. The predicted octanol–water partition coefficient (Wildman–Crippen LogP) is 4.86. The number of hydrogen-bond acceptors (Lipinski definition) is 3. The maximum Gasteiger partial charge on any atom is 0.358 e. The number of benzene rings is 1. The van der Waals surface area contributed by atoms with Crippen LogP contribution >= 0.6 is 7.60 Å². The number of fused-ring (bicyclic) bond motifs is 1. The van der Waals surface area contributed by atoms with Gasteiger partial charge in [-0.15, -0.1) is 0 Å². The lowest BCUT2D eigenvalue weighted by molar-refractivity contribution is -0.434. The van der Waals surface area contributed by atoms with Crippen molar-refractivity contribution < 1.29 is 18.2 Å². The van der Waals surface area contributed by atoms with Gasteiger partial charge in [0.1, 0.15) is 12.0 Å². The average molecular weight is 336 g/mol. The van der Waals surface area contributed by atoms with E-state index in [0.29, 0.717) is 18.5 Å². The smallest absolute Gasteiger partial charge is 0.306 e. The van der Waals surface area contributed by atoms with Gasteiger partial charge in [0.05, 0.1) is 18.5 Å². The monoisotopic (exact) mass is 336 g/mol. The maximum absolute atomic E-state index is 13.3. The first-order valence-electron chi connectivity index (χ1n) is 8.16. The van der Waals surface area contributed by atoms with Gasteiger partial charge in [-0.2, -0.15) is 4.58 Å². The molecule has 4 nitrogen and oxygen atoms in total. The predicted molar refractivity (Wildman–Crippen MR) is 94.9 cm³/mol. The normalized spacial score (nSPS) is 20.7. The fourth-order valence-corrected chi connectivity index (χ4v) is 5.25. The average Bonchev–Trinajstić information content (AvgIpc) is 2.76. The second-order valence-corrected chi connectivity index (χ2v) is 7.80. The Morgan fingerprint density at radius 3 is 2.30 bits per heavy atom. The van der Waals surface area contributed by atoms with Crippen LogP contribution in [-0.2, 0) is 19.0 Å². The molecule has 1 aromatic rings. The summed E-state index contributed by atoms with van der Waals surface area (Å²) in [7, 11) is -3.40. The van der Waals surface area contributed by atoms with Crippen LogP contribution in [0.4, 0.5) is 5.69 Å². The van der Waals surface area contributed by atoms with E-state index in [9.17, 15) is 4.57 Å². The molecule has 1 heterocycles. The molecule has 1 unspecified atom stereocenters. The minimum absolute atomic E-state index is 0.324. The largest absolute Gasteiger partial charge is 0.358 e. The molecule has 23 heavy (non-hydrogen) atoms. The van der Waals surface area contributed by atoms with Crippen LogP contribution in [0.15, 0.2) is 36.2 Å². The Balaban J connectivity index is 2.63. The Morgan fingerprint density at radius 1 is 1.22 bits per heavy atom. The van der Waals surface area contributed by atoms with Crippen molar-refractivity contribution in [3.63, 3.8) is 0 Å². The number of rotatable bonds is 7. The molecule has 5 heteroatoms. The highest BCUT2D eigenvalue weighted by molar-refractivity contribution is 7.58. The van der Waals surface area contributed by atoms with E-state index >= 15 is 0 Å². The Hall–Kier alpha value is -1.22. The lowest BCUT2D eigenvalue weighted by Gasteiger charge is -2.29. The van der Waals surface area contributed by atoms with Crippen molar-refractivity contribution in [3.05, 3.63) is 41.7 Å². The van der Waals surface area contributed by atoms with Crippen LogP contribution < -0.4 is 0 Å². The standard InChI is InChI=1S/C18H27NO3P/c1-7-19-14(4)18(6,16-12-10-11-13-17(16)19)15(5)23(20,21-8-2)22-9-3/h10-13H,5,7-9H2,1-4,6H3/q+1. The minimum atomic E-state index is -3.40. The highest BCUT2D eigenvalue weighted by atomic mass is 31.2. The lowest BCUT2D eigenvalue weighted by Crippen LogP contribution is -2.32. The zero-order valence-electron chi connectivity index (χ0n) is 14.8. The highest BCUT2D eigenvalue weighted by Gasteiger charge is 2.53. The number of para-hydroxylation sites is 1. The van der Waals surface area contributed by atoms with Gasteiger partial charge < -0.3 is 9.05 Å². The minimum Gasteiger partial charge on any atom is -0.306 e. The van der Waals surface area contributed by atoms with E-state index in [0.717, 1.165) is 23.5 Å². The molecule has 0 saturated heterocycles. The maximum atomic E-state index is 13.3. The van der Waals surface area contributed by atoms with Gasteiger partial charge in [-0.25, -0.2) is 0 Å². The van der Waals surface area contributed by atoms with Crippen molar-refractivity contribution in [1.29, 1.82) is 0 Å². The summed E-state index contributed by atoms with van der Waals surface area (Å²) in [5.41, 5.74) is 2.78. The third-order valence-corrected chi connectivity index (χ3v) is 6.99. The van der Waals surface area contributed by atoms with Gasteiger partial charge in [0.2, 0.25) is 5.69 Å². The van der Waals surface area contributed by atoms with Crippen molar-refractivity contribution >= 4 is 19.0 Å². The van der Waals surface area contributed by atoms with E-state index in [4.69, 9.17) is 9.05 Å². The molecule has 1 aliphatic rings. The Kier molecular flexibility index (Phi) is 5.30. The van der Waals surface area contributed by atoms with Crippen LogP contribution in [0.1, 0.15) is 40.2 Å². The van der Waals surface area contributed by atoms with Crippen LogP contribution in [0.3, 0.4) is 0 Å². The van der Waals surface area contributed by atoms with Crippen LogP contribution in [-0.4, -0.2) is 30.0 Å². The van der Waals surface area contributed by atoms with Gasteiger partial charge in [-0.1, -0.05) is 24.8 Å². The molecule has 0 bridgehead atoms. The Bertz CT molecular complexity index is 685. The summed E-state index contributed by atoms with van der Waals surface area (Å²) >= 11 is 0. The van der Waals surface area contributed by atoms with Crippen LogP contribution in [0.2, 0.25) is 0 Å². The van der Waals surface area contributed by atoms with Crippen LogP contribution in [0, 0.1) is 0 Å². The lowest BCUT2D eigenvalue weighted by atomic mass is 9.80. The summed E-state index contributed by atoms with van der Waals surface area (Å²) < 4.78 is 26.6. The molecule has 0 spiro atoms. The fourth-order valence-electron chi connectivity index (χ4n) is 3.36. The van der Waals surface area contributed by atoms with Gasteiger partial charge in [0.25, 0.3) is 0 Å². The van der Waals surface area contributed by atoms with E-state index in [1.165, 1.54) is 0 Å². The molecule has 2 rings (SSSR count). The molecule has 0 fully saturated rings. The van der Waals surface area contributed by atoms with Gasteiger partial charge in [0, 0.05) is 18.6 Å². The Morgan fingerprint density at radius 2 is 1.78 bits per heavy atom. The first-order valence-corrected chi connectivity index (χ1v) is 9.71. The molecule has 0 N–H and O–H groups in total. The SMILES string of the molecule is C=C(C1(C)C(C)=[N+](CC)c2ccccc21)P(=O)(OCC)OCC. The molecule has 1 atom stereocenters. The van der Waals surface area contributed by atoms with Gasteiger partial charge in [-0.3, -0.25) is 4.57 Å². The molecule has 1 aliphatic heterocycles. The second-order valence-electron chi connectivity index (χ2n) is 5.75. The molecular formula is C18H27NO3P+. The number of nitrogens with zero attached hydrogens (tertiary/aromatic N) is 1. The summed E-state index contributed by atoms with van der Waals surface area (Å²) in [6.07, 6.45) is 0. The van der Waals surface area contributed by atoms with E-state index in [-0.39, 0.29) is 0 Å². The van der Waals surface area contributed by atoms with Gasteiger partial charge >= 0.3 is 7.60 Å². The zero-order chi connectivity index (χ0) is 17.3. The topological polar surface area (TPSA) is 38.5 Å². The third kappa shape index (κ3) is 2.73. The zero-order valence-corrected chi connectivity index (χ0v) is 15.7. The molecule has 0 amide bonds. The summed E-state index contributed by atoms with van der Waals surface area (Å²) in [5, 5.41) is 0.509. The molecule has 0 saturated carbocycles. The number of hydrogen-bond donors (Lipinski definition) is 0. The van der Waals surface area contributed by atoms with Crippen molar-refractivity contribution in [2.75, 3.05) is 19.8 Å². The first kappa shape index (κ1) is 18.1. The molecular weight excluding hydrogens is 309 g/mol. The van der Waals surface area contributed by atoms with E-state index in [1.54, 1.807) is 0 Å². The summed E-state index contributed by atoms with van der Waals surface area (Å²) in [5.74, 6) is 0. The van der Waals surface area contributed by atoms with Crippen LogP contribution in [0.25, 0.3) is 0 Å². The molecule has 0 aliphatic carbocycles.